The highest BCUT2D eigenvalue weighted by atomic mass is 16.3. The second kappa shape index (κ2) is 6.39. The molecule has 0 aliphatic heterocycles. The van der Waals surface area contributed by atoms with E-state index in [-0.39, 0.29) is 18.4 Å². The summed E-state index contributed by atoms with van der Waals surface area (Å²) in [4.78, 5) is 12.0. The van der Waals surface area contributed by atoms with Gasteiger partial charge in [-0.15, -0.1) is 0 Å². The quantitative estimate of drug-likeness (QED) is 0.830. The minimum absolute atomic E-state index is 0.0761. The molecule has 0 fully saturated rings. The fourth-order valence-electron chi connectivity index (χ4n) is 2.19. The van der Waals surface area contributed by atoms with Gasteiger partial charge in [-0.2, -0.15) is 5.10 Å². The van der Waals surface area contributed by atoms with E-state index in [0.29, 0.717) is 6.42 Å². The summed E-state index contributed by atoms with van der Waals surface area (Å²) in [6.07, 6.45) is 1.19. The second-order valence-electron chi connectivity index (χ2n) is 5.89. The van der Waals surface area contributed by atoms with E-state index in [1.165, 1.54) is 0 Å². The van der Waals surface area contributed by atoms with Gasteiger partial charge in [0.05, 0.1) is 17.7 Å². The van der Waals surface area contributed by atoms with Crippen molar-refractivity contribution >= 4 is 5.91 Å². The third kappa shape index (κ3) is 3.82. The predicted molar refractivity (Wildman–Crippen MR) is 79.5 cm³/mol. The molecule has 5 heteroatoms. The van der Waals surface area contributed by atoms with E-state index in [4.69, 9.17) is 0 Å². The Labute approximate surface area is 121 Å². The van der Waals surface area contributed by atoms with Crippen LogP contribution in [-0.2, 0) is 18.3 Å². The van der Waals surface area contributed by atoms with Crippen LogP contribution in [0.25, 0.3) is 0 Å². The number of carbonyl (C=O) groups is 1. The molecule has 0 aliphatic carbocycles. The highest BCUT2D eigenvalue weighted by Gasteiger charge is 2.27. The van der Waals surface area contributed by atoms with Crippen LogP contribution in [0.5, 0.6) is 0 Å². The molecule has 0 spiro atoms. The lowest BCUT2D eigenvalue weighted by molar-refractivity contribution is -0.122. The molecule has 1 amide bonds. The van der Waals surface area contributed by atoms with E-state index in [2.05, 4.69) is 10.4 Å². The topological polar surface area (TPSA) is 67.2 Å². The number of aromatic nitrogens is 2. The van der Waals surface area contributed by atoms with Crippen LogP contribution < -0.4 is 5.32 Å². The average molecular weight is 281 g/mol. The van der Waals surface area contributed by atoms with Gasteiger partial charge in [-0.1, -0.05) is 20.3 Å². The molecule has 2 unspecified atom stereocenters. The van der Waals surface area contributed by atoms with Crippen LogP contribution in [-0.4, -0.2) is 32.9 Å². The number of aryl methyl sites for hydroxylation is 2. The van der Waals surface area contributed by atoms with Gasteiger partial charge >= 0.3 is 0 Å². The molecule has 0 radical (unpaired) electrons. The first-order valence-electron chi connectivity index (χ1n) is 7.17. The number of aliphatic hydroxyl groups is 1. The number of nitrogens with one attached hydrogen (secondary N) is 1. The zero-order valence-electron chi connectivity index (χ0n) is 13.4. The zero-order valence-corrected chi connectivity index (χ0v) is 13.4. The van der Waals surface area contributed by atoms with Gasteiger partial charge in [0.2, 0.25) is 5.91 Å². The second-order valence-corrected chi connectivity index (χ2v) is 5.89. The molecule has 2 atom stereocenters. The Kier molecular flexibility index (Phi) is 5.34. The molecule has 1 rings (SSSR count). The fourth-order valence-corrected chi connectivity index (χ4v) is 2.19. The molecule has 5 nitrogen and oxygen atoms in total. The van der Waals surface area contributed by atoms with E-state index in [1.54, 1.807) is 11.6 Å². The lowest BCUT2D eigenvalue weighted by Gasteiger charge is -2.29. The minimum Gasteiger partial charge on any atom is -0.388 e. The number of hydrogen-bond acceptors (Lipinski definition) is 3. The van der Waals surface area contributed by atoms with Crippen molar-refractivity contribution in [3.05, 3.63) is 17.0 Å². The molecular weight excluding hydrogens is 254 g/mol. The van der Waals surface area contributed by atoms with Gasteiger partial charge in [0.25, 0.3) is 0 Å². The van der Waals surface area contributed by atoms with Gasteiger partial charge in [0.15, 0.2) is 0 Å². The Morgan fingerprint density at radius 2 is 2.10 bits per heavy atom. The summed E-state index contributed by atoms with van der Waals surface area (Å²) in [6.45, 7) is 9.93. The maximum atomic E-state index is 12.0. The largest absolute Gasteiger partial charge is 0.388 e. The SMILES string of the molecule is CCC(C)C(C)(O)CNC(=O)Cc1c(C)nn(C)c1C. The van der Waals surface area contributed by atoms with Crippen molar-refractivity contribution in [3.63, 3.8) is 0 Å². The highest BCUT2D eigenvalue weighted by Crippen LogP contribution is 2.19. The predicted octanol–water partition coefficient (Wildman–Crippen LogP) is 1.49. The molecule has 1 heterocycles. The third-order valence-corrected chi connectivity index (χ3v) is 4.31. The first kappa shape index (κ1) is 16.7. The van der Waals surface area contributed by atoms with Crippen molar-refractivity contribution in [2.45, 2.75) is 53.1 Å². The number of nitrogens with zero attached hydrogens (tertiary/aromatic N) is 2. The van der Waals surface area contributed by atoms with Crippen molar-refractivity contribution in [1.29, 1.82) is 0 Å². The number of carbonyl (C=O) groups excluding carboxylic acids is 1. The van der Waals surface area contributed by atoms with Crippen molar-refractivity contribution < 1.29 is 9.90 Å². The van der Waals surface area contributed by atoms with Crippen molar-refractivity contribution in [2.24, 2.45) is 13.0 Å². The van der Waals surface area contributed by atoms with Gasteiger partial charge in [-0.3, -0.25) is 9.48 Å². The Morgan fingerprint density at radius 1 is 1.50 bits per heavy atom. The van der Waals surface area contributed by atoms with E-state index < -0.39 is 5.60 Å². The van der Waals surface area contributed by atoms with Crippen LogP contribution in [0, 0.1) is 19.8 Å². The van der Waals surface area contributed by atoms with Crippen LogP contribution in [0.1, 0.15) is 44.1 Å². The molecule has 0 aliphatic rings. The van der Waals surface area contributed by atoms with E-state index in [1.807, 2.05) is 34.7 Å². The van der Waals surface area contributed by atoms with Crippen LogP contribution in [0.3, 0.4) is 0 Å². The molecule has 0 saturated carbocycles. The van der Waals surface area contributed by atoms with Crippen LogP contribution in [0.2, 0.25) is 0 Å². The van der Waals surface area contributed by atoms with Crippen LogP contribution in [0.15, 0.2) is 0 Å². The summed E-state index contributed by atoms with van der Waals surface area (Å²) in [5.74, 6) is 0.0671. The smallest absolute Gasteiger partial charge is 0.224 e. The number of hydrogen-bond donors (Lipinski definition) is 2. The van der Waals surface area contributed by atoms with Crippen molar-refractivity contribution in [2.75, 3.05) is 6.54 Å². The summed E-state index contributed by atoms with van der Waals surface area (Å²) in [7, 11) is 1.87. The monoisotopic (exact) mass is 281 g/mol. The molecule has 114 valence electrons. The normalized spacial score (nSPS) is 15.8. The molecule has 20 heavy (non-hydrogen) atoms. The first-order valence-corrected chi connectivity index (χ1v) is 7.17. The molecular formula is C15H27N3O2. The van der Waals surface area contributed by atoms with Crippen LogP contribution >= 0.6 is 0 Å². The number of rotatable bonds is 6. The minimum atomic E-state index is -0.872. The van der Waals surface area contributed by atoms with Crippen molar-refractivity contribution in [3.8, 4) is 0 Å². The summed E-state index contributed by atoms with van der Waals surface area (Å²) < 4.78 is 1.78. The first-order chi connectivity index (χ1) is 9.19. The molecule has 0 saturated heterocycles. The third-order valence-electron chi connectivity index (χ3n) is 4.31. The molecule has 1 aromatic heterocycles. The van der Waals surface area contributed by atoms with Gasteiger partial charge in [-0.05, 0) is 26.7 Å². The van der Waals surface area contributed by atoms with Crippen molar-refractivity contribution in [1.82, 2.24) is 15.1 Å². The number of amides is 1. The highest BCUT2D eigenvalue weighted by molar-refractivity contribution is 5.79. The maximum Gasteiger partial charge on any atom is 0.224 e. The summed E-state index contributed by atoms with van der Waals surface area (Å²) in [5.41, 5.74) is 1.98. The summed E-state index contributed by atoms with van der Waals surface area (Å²) >= 11 is 0. The maximum absolute atomic E-state index is 12.0. The van der Waals surface area contributed by atoms with Gasteiger partial charge in [0, 0.05) is 24.8 Å². The van der Waals surface area contributed by atoms with E-state index >= 15 is 0 Å². The fraction of sp³-hybridized carbons (Fsp3) is 0.733. The summed E-state index contributed by atoms with van der Waals surface area (Å²) in [6, 6.07) is 0. The van der Waals surface area contributed by atoms with E-state index in [9.17, 15) is 9.90 Å². The van der Waals surface area contributed by atoms with Gasteiger partial charge < -0.3 is 10.4 Å². The summed E-state index contributed by atoms with van der Waals surface area (Å²) in [5, 5.41) is 17.4. The Bertz CT molecular complexity index is 478. The van der Waals surface area contributed by atoms with Gasteiger partial charge in [0.1, 0.15) is 0 Å². The zero-order chi connectivity index (χ0) is 15.5. The Morgan fingerprint density at radius 3 is 2.55 bits per heavy atom. The average Bonchev–Trinajstić information content (AvgIpc) is 2.62. The Hall–Kier alpha value is -1.36. The van der Waals surface area contributed by atoms with E-state index in [0.717, 1.165) is 23.4 Å². The lowest BCUT2D eigenvalue weighted by atomic mass is 9.88. The van der Waals surface area contributed by atoms with Crippen LogP contribution in [0.4, 0.5) is 0 Å². The molecule has 2 N–H and O–H groups in total. The lowest BCUT2D eigenvalue weighted by Crippen LogP contribution is -2.45. The van der Waals surface area contributed by atoms with Gasteiger partial charge in [-0.25, -0.2) is 0 Å². The standard InChI is InChI=1S/C15H27N3O2/c1-7-10(2)15(5,20)9-16-14(19)8-13-11(3)17-18(6)12(13)4/h10,20H,7-9H2,1-6H3,(H,16,19). The molecule has 1 aromatic rings. The Balaban J connectivity index is 2.61. The molecule has 0 bridgehead atoms. The molecule has 0 aromatic carbocycles.